The van der Waals surface area contributed by atoms with Crippen molar-refractivity contribution in [2.75, 3.05) is 38.2 Å². The minimum absolute atomic E-state index is 0.458. The Morgan fingerprint density at radius 1 is 1.29 bits per heavy atom. The summed E-state index contributed by atoms with van der Waals surface area (Å²) in [6, 6.07) is 1.76. The first kappa shape index (κ1) is 12.4. The summed E-state index contributed by atoms with van der Waals surface area (Å²) in [5.74, 6) is 0.650. The molecule has 2 rings (SSSR count). The first-order valence-corrected chi connectivity index (χ1v) is 6.82. The van der Waals surface area contributed by atoms with E-state index in [1.165, 1.54) is 11.8 Å². The maximum atomic E-state index is 11.6. The summed E-state index contributed by atoms with van der Waals surface area (Å²) in [6.07, 6.45) is 3.36. The Hall–Kier alpha value is -1.01. The summed E-state index contributed by atoms with van der Waals surface area (Å²) in [5, 5.41) is 0. The maximum Gasteiger partial charge on any atom is 0.405 e. The molecule has 1 aliphatic rings. The largest absolute Gasteiger partial charge is 0.405 e. The highest BCUT2D eigenvalue weighted by atomic mass is 31.2. The molecule has 0 saturated carbocycles. The van der Waals surface area contributed by atoms with Crippen LogP contribution < -0.4 is 4.90 Å². The highest BCUT2D eigenvalue weighted by molar-refractivity contribution is 7.50. The van der Waals surface area contributed by atoms with Crippen molar-refractivity contribution in [3.63, 3.8) is 0 Å². The van der Waals surface area contributed by atoms with Crippen molar-refractivity contribution in [1.29, 1.82) is 0 Å². The molecule has 1 aromatic rings. The number of piperazine rings is 1. The average molecular weight is 258 g/mol. The van der Waals surface area contributed by atoms with Gasteiger partial charge in [0.15, 0.2) is 0 Å². The summed E-state index contributed by atoms with van der Waals surface area (Å²) in [7, 11) is -2.36. The topological polar surface area (TPSA) is 78.8 Å². The Morgan fingerprint density at radius 2 is 1.88 bits per heavy atom. The van der Waals surface area contributed by atoms with Crippen LogP contribution in [-0.2, 0) is 9.09 Å². The molecule has 1 aliphatic heterocycles. The van der Waals surface area contributed by atoms with Crippen LogP contribution in [0.15, 0.2) is 18.5 Å². The van der Waals surface area contributed by atoms with Crippen LogP contribution >= 0.6 is 7.75 Å². The van der Waals surface area contributed by atoms with Gasteiger partial charge < -0.3 is 14.3 Å². The van der Waals surface area contributed by atoms with E-state index in [2.05, 4.69) is 14.5 Å². The summed E-state index contributed by atoms with van der Waals surface area (Å²) >= 11 is 0. The molecule has 1 saturated heterocycles. The number of hydrogen-bond acceptors (Lipinski definition) is 5. The number of nitrogens with zero attached hydrogens (tertiary/aromatic N) is 4. The molecule has 0 aromatic carbocycles. The monoisotopic (exact) mass is 258 g/mol. The van der Waals surface area contributed by atoms with Crippen molar-refractivity contribution in [3.05, 3.63) is 18.5 Å². The fourth-order valence-corrected chi connectivity index (χ4v) is 2.63. The summed E-state index contributed by atoms with van der Waals surface area (Å²) < 4.78 is 17.6. The third-order valence-corrected chi connectivity index (χ3v) is 4.28. The molecule has 0 spiro atoms. The molecule has 7 nitrogen and oxygen atoms in total. The van der Waals surface area contributed by atoms with Crippen LogP contribution in [0.5, 0.6) is 0 Å². The van der Waals surface area contributed by atoms with Crippen LogP contribution in [0.3, 0.4) is 0 Å². The minimum Gasteiger partial charge on any atom is -0.338 e. The van der Waals surface area contributed by atoms with Gasteiger partial charge in [-0.3, -0.25) is 0 Å². The Morgan fingerprint density at radius 3 is 2.41 bits per heavy atom. The highest BCUT2D eigenvalue weighted by Gasteiger charge is 2.31. The lowest BCUT2D eigenvalue weighted by atomic mass is 10.4. The van der Waals surface area contributed by atoms with E-state index in [0.717, 1.165) is 0 Å². The van der Waals surface area contributed by atoms with E-state index < -0.39 is 7.75 Å². The van der Waals surface area contributed by atoms with Gasteiger partial charge in [0, 0.05) is 45.7 Å². The van der Waals surface area contributed by atoms with E-state index >= 15 is 0 Å². The summed E-state index contributed by atoms with van der Waals surface area (Å²) in [4.78, 5) is 19.8. The van der Waals surface area contributed by atoms with Gasteiger partial charge in [-0.15, -0.1) is 0 Å². The second-order valence-electron chi connectivity index (χ2n) is 3.66. The zero-order valence-corrected chi connectivity index (χ0v) is 10.5. The first-order valence-electron chi connectivity index (χ1n) is 5.29. The van der Waals surface area contributed by atoms with Crippen molar-refractivity contribution >= 4 is 13.7 Å². The molecule has 1 aromatic heterocycles. The second-order valence-corrected chi connectivity index (χ2v) is 5.57. The first-order chi connectivity index (χ1) is 8.13. The third kappa shape index (κ3) is 2.81. The second kappa shape index (κ2) is 5.10. The number of aromatic nitrogens is 2. The number of hydrogen-bond donors (Lipinski definition) is 1. The van der Waals surface area contributed by atoms with Crippen LogP contribution in [-0.4, -0.2) is 52.8 Å². The van der Waals surface area contributed by atoms with Crippen molar-refractivity contribution in [2.24, 2.45) is 0 Å². The van der Waals surface area contributed by atoms with Crippen molar-refractivity contribution < 1.29 is 14.0 Å². The fraction of sp³-hybridized carbons (Fsp3) is 0.556. The molecule has 0 bridgehead atoms. The molecule has 1 N–H and O–H groups in total. The normalized spacial score (nSPS) is 21.2. The molecule has 0 aliphatic carbocycles. The van der Waals surface area contributed by atoms with Gasteiger partial charge in [-0.25, -0.2) is 19.2 Å². The Bertz CT molecular complexity index is 408. The molecule has 0 amide bonds. The smallest absolute Gasteiger partial charge is 0.338 e. The third-order valence-electron chi connectivity index (χ3n) is 2.69. The van der Waals surface area contributed by atoms with E-state index in [1.807, 2.05) is 4.90 Å². The van der Waals surface area contributed by atoms with Gasteiger partial charge in [-0.05, 0) is 6.07 Å². The molecule has 0 radical (unpaired) electrons. The van der Waals surface area contributed by atoms with Crippen molar-refractivity contribution in [3.8, 4) is 0 Å². The van der Waals surface area contributed by atoms with Gasteiger partial charge >= 0.3 is 7.75 Å². The van der Waals surface area contributed by atoms with E-state index in [9.17, 15) is 9.46 Å². The molecule has 1 fully saturated rings. The van der Waals surface area contributed by atoms with Crippen LogP contribution in [0.1, 0.15) is 0 Å². The molecular weight excluding hydrogens is 243 g/mol. The molecule has 94 valence electrons. The zero-order valence-electron chi connectivity index (χ0n) is 9.56. The molecule has 1 atom stereocenters. The van der Waals surface area contributed by atoms with Gasteiger partial charge in [0.2, 0.25) is 5.95 Å². The van der Waals surface area contributed by atoms with Crippen LogP contribution in [0.2, 0.25) is 0 Å². The van der Waals surface area contributed by atoms with Crippen molar-refractivity contribution in [2.45, 2.75) is 0 Å². The highest BCUT2D eigenvalue weighted by Crippen LogP contribution is 2.45. The Balaban J connectivity index is 1.97. The van der Waals surface area contributed by atoms with Gasteiger partial charge in [0.05, 0.1) is 0 Å². The lowest BCUT2D eigenvalue weighted by Gasteiger charge is -2.35. The lowest BCUT2D eigenvalue weighted by Crippen LogP contribution is -2.45. The average Bonchev–Trinajstić information content (AvgIpc) is 2.40. The summed E-state index contributed by atoms with van der Waals surface area (Å²) in [5.41, 5.74) is 0. The Labute approximate surface area is 99.6 Å². The lowest BCUT2D eigenvalue weighted by molar-refractivity contribution is 0.229. The molecular formula is C9H15N4O3P. The molecule has 17 heavy (non-hydrogen) atoms. The predicted molar refractivity (Wildman–Crippen MR) is 62.7 cm³/mol. The maximum absolute atomic E-state index is 11.6. The van der Waals surface area contributed by atoms with Gasteiger partial charge in [-0.1, -0.05) is 0 Å². The Kier molecular flexibility index (Phi) is 3.73. The van der Waals surface area contributed by atoms with Crippen LogP contribution in [0.25, 0.3) is 0 Å². The molecule has 1 unspecified atom stereocenters. The fourth-order valence-electron chi connectivity index (χ4n) is 1.72. The van der Waals surface area contributed by atoms with E-state index in [-0.39, 0.29) is 0 Å². The molecule has 2 heterocycles. The standard InChI is InChI=1S/C9H15N4O3P/c1-16-17(14,15)13-7-5-12(6-8-13)9-10-3-2-4-11-9/h2-4H,5-8H2,1H3,(H,14,15). The van der Waals surface area contributed by atoms with E-state index in [0.29, 0.717) is 32.1 Å². The number of anilines is 1. The SMILES string of the molecule is COP(=O)(O)N1CCN(c2ncccn2)CC1. The zero-order chi connectivity index (χ0) is 12.3. The van der Waals surface area contributed by atoms with E-state index in [1.54, 1.807) is 18.5 Å². The number of rotatable bonds is 3. The summed E-state index contributed by atoms with van der Waals surface area (Å²) in [6.45, 7) is 2.13. The quantitative estimate of drug-likeness (QED) is 0.783. The van der Waals surface area contributed by atoms with Crippen LogP contribution in [0, 0.1) is 0 Å². The van der Waals surface area contributed by atoms with Gasteiger partial charge in [0.1, 0.15) is 0 Å². The van der Waals surface area contributed by atoms with Crippen molar-refractivity contribution in [1.82, 2.24) is 14.6 Å². The molecule has 8 heteroatoms. The van der Waals surface area contributed by atoms with Crippen LogP contribution in [0.4, 0.5) is 5.95 Å². The predicted octanol–water partition coefficient (Wildman–Crippen LogP) is 0.345. The minimum atomic E-state index is -3.60. The van der Waals surface area contributed by atoms with Gasteiger partial charge in [-0.2, -0.15) is 0 Å². The van der Waals surface area contributed by atoms with Gasteiger partial charge in [0.25, 0.3) is 0 Å². The van der Waals surface area contributed by atoms with E-state index in [4.69, 9.17) is 0 Å².